The highest BCUT2D eigenvalue weighted by molar-refractivity contribution is 5.94. The molecule has 1 fully saturated rings. The SMILES string of the molecule is NC(=O)C1CN(C(=O)c2ccccc2)CCN1. The first-order chi connectivity index (χ1) is 8.18. The summed E-state index contributed by atoms with van der Waals surface area (Å²) < 4.78 is 0. The molecule has 1 aliphatic rings. The van der Waals surface area contributed by atoms with Crippen molar-refractivity contribution in [3.63, 3.8) is 0 Å². The molecule has 1 heterocycles. The van der Waals surface area contributed by atoms with Gasteiger partial charge < -0.3 is 16.0 Å². The van der Waals surface area contributed by atoms with E-state index in [0.717, 1.165) is 0 Å². The molecule has 0 spiro atoms. The molecule has 0 aliphatic carbocycles. The van der Waals surface area contributed by atoms with E-state index in [2.05, 4.69) is 5.32 Å². The fraction of sp³-hybridized carbons (Fsp3) is 0.333. The topological polar surface area (TPSA) is 75.4 Å². The van der Waals surface area contributed by atoms with Crippen molar-refractivity contribution in [1.82, 2.24) is 10.2 Å². The van der Waals surface area contributed by atoms with E-state index in [9.17, 15) is 9.59 Å². The highest BCUT2D eigenvalue weighted by Crippen LogP contribution is 2.07. The van der Waals surface area contributed by atoms with Gasteiger partial charge in [0, 0.05) is 25.2 Å². The zero-order valence-electron chi connectivity index (χ0n) is 9.43. The number of primary amides is 1. The minimum atomic E-state index is -0.448. The molecule has 0 radical (unpaired) electrons. The van der Waals surface area contributed by atoms with Crippen LogP contribution in [-0.4, -0.2) is 42.4 Å². The molecule has 17 heavy (non-hydrogen) atoms. The Hall–Kier alpha value is -1.88. The van der Waals surface area contributed by atoms with Gasteiger partial charge in [-0.15, -0.1) is 0 Å². The Labute approximate surface area is 99.6 Å². The predicted octanol–water partition coefficient (Wildman–Crippen LogP) is -0.414. The first-order valence-corrected chi connectivity index (χ1v) is 5.55. The van der Waals surface area contributed by atoms with Crippen molar-refractivity contribution in [2.75, 3.05) is 19.6 Å². The average molecular weight is 233 g/mol. The van der Waals surface area contributed by atoms with Crippen LogP contribution in [0.25, 0.3) is 0 Å². The molecule has 5 heteroatoms. The lowest BCUT2D eigenvalue weighted by molar-refractivity contribution is -0.120. The zero-order valence-corrected chi connectivity index (χ0v) is 9.43. The number of nitrogens with two attached hydrogens (primary N) is 1. The normalized spacial score (nSPS) is 20.0. The summed E-state index contributed by atoms with van der Waals surface area (Å²) >= 11 is 0. The summed E-state index contributed by atoms with van der Waals surface area (Å²) in [6, 6.07) is 8.59. The molecule has 5 nitrogen and oxygen atoms in total. The van der Waals surface area contributed by atoms with E-state index in [1.54, 1.807) is 17.0 Å². The molecule has 2 rings (SSSR count). The number of hydrogen-bond acceptors (Lipinski definition) is 3. The zero-order chi connectivity index (χ0) is 12.3. The fourth-order valence-corrected chi connectivity index (χ4v) is 1.89. The van der Waals surface area contributed by atoms with Crippen LogP contribution in [0.2, 0.25) is 0 Å². The predicted molar refractivity (Wildman–Crippen MR) is 63.3 cm³/mol. The van der Waals surface area contributed by atoms with Crippen molar-refractivity contribution in [2.45, 2.75) is 6.04 Å². The maximum absolute atomic E-state index is 12.1. The summed E-state index contributed by atoms with van der Waals surface area (Å²) in [7, 11) is 0. The number of amides is 2. The summed E-state index contributed by atoms with van der Waals surface area (Å²) in [6.45, 7) is 1.52. The van der Waals surface area contributed by atoms with Crippen LogP contribution in [0.15, 0.2) is 30.3 Å². The quantitative estimate of drug-likeness (QED) is 0.729. The third kappa shape index (κ3) is 2.62. The first-order valence-electron chi connectivity index (χ1n) is 5.55. The van der Waals surface area contributed by atoms with E-state index in [1.807, 2.05) is 18.2 Å². The summed E-state index contributed by atoms with van der Waals surface area (Å²) in [5, 5.41) is 2.99. The molecule has 1 aliphatic heterocycles. The van der Waals surface area contributed by atoms with Gasteiger partial charge in [-0.1, -0.05) is 18.2 Å². The van der Waals surface area contributed by atoms with Crippen LogP contribution in [0.5, 0.6) is 0 Å². The molecular weight excluding hydrogens is 218 g/mol. The Bertz CT molecular complexity index is 419. The van der Waals surface area contributed by atoms with Crippen LogP contribution in [0.3, 0.4) is 0 Å². The van der Waals surface area contributed by atoms with Crippen molar-refractivity contribution < 1.29 is 9.59 Å². The van der Waals surface area contributed by atoms with Crippen LogP contribution in [0, 0.1) is 0 Å². The summed E-state index contributed by atoms with van der Waals surface area (Å²) in [4.78, 5) is 24.8. The Morgan fingerprint density at radius 1 is 1.29 bits per heavy atom. The molecule has 1 aromatic carbocycles. The molecule has 1 saturated heterocycles. The monoisotopic (exact) mass is 233 g/mol. The van der Waals surface area contributed by atoms with Crippen LogP contribution in [-0.2, 0) is 4.79 Å². The lowest BCUT2D eigenvalue weighted by atomic mass is 10.1. The van der Waals surface area contributed by atoms with Gasteiger partial charge in [0.15, 0.2) is 0 Å². The van der Waals surface area contributed by atoms with Crippen molar-refractivity contribution in [3.8, 4) is 0 Å². The number of hydrogen-bond donors (Lipinski definition) is 2. The highest BCUT2D eigenvalue weighted by atomic mass is 16.2. The van der Waals surface area contributed by atoms with E-state index in [-0.39, 0.29) is 5.91 Å². The van der Waals surface area contributed by atoms with Crippen LogP contribution in [0.1, 0.15) is 10.4 Å². The molecule has 0 bridgehead atoms. The molecule has 1 unspecified atom stereocenters. The van der Waals surface area contributed by atoms with Gasteiger partial charge in [-0.25, -0.2) is 0 Å². The lowest BCUT2D eigenvalue weighted by Crippen LogP contribution is -2.57. The Kier molecular flexibility index (Phi) is 3.39. The standard InChI is InChI=1S/C12H15N3O2/c13-11(16)10-8-15(7-6-14-10)12(17)9-4-2-1-3-5-9/h1-5,10,14H,6-8H2,(H2,13,16). The second kappa shape index (κ2) is 4.97. The van der Waals surface area contributed by atoms with Crippen molar-refractivity contribution in [1.29, 1.82) is 0 Å². The largest absolute Gasteiger partial charge is 0.368 e. The van der Waals surface area contributed by atoms with Gasteiger partial charge in [0.05, 0.1) is 0 Å². The number of benzene rings is 1. The van der Waals surface area contributed by atoms with Crippen LogP contribution >= 0.6 is 0 Å². The minimum absolute atomic E-state index is 0.0571. The van der Waals surface area contributed by atoms with Crippen LogP contribution < -0.4 is 11.1 Å². The van der Waals surface area contributed by atoms with E-state index in [1.165, 1.54) is 0 Å². The molecule has 0 saturated carbocycles. The molecule has 1 atom stereocenters. The third-order valence-corrected chi connectivity index (χ3v) is 2.83. The number of carbonyl (C=O) groups excluding carboxylic acids is 2. The second-order valence-corrected chi connectivity index (χ2v) is 4.03. The summed E-state index contributed by atoms with van der Waals surface area (Å²) in [5.74, 6) is -0.478. The number of nitrogens with one attached hydrogen (secondary N) is 1. The number of piperazine rings is 1. The average Bonchev–Trinajstić information content (AvgIpc) is 2.39. The van der Waals surface area contributed by atoms with Gasteiger partial charge in [0.25, 0.3) is 5.91 Å². The van der Waals surface area contributed by atoms with Gasteiger partial charge in [0.1, 0.15) is 6.04 Å². The van der Waals surface area contributed by atoms with Gasteiger partial charge in [0.2, 0.25) is 5.91 Å². The molecule has 90 valence electrons. The summed E-state index contributed by atoms with van der Waals surface area (Å²) in [5.41, 5.74) is 5.87. The number of nitrogens with zero attached hydrogens (tertiary/aromatic N) is 1. The Morgan fingerprint density at radius 3 is 2.65 bits per heavy atom. The van der Waals surface area contributed by atoms with Crippen molar-refractivity contribution in [3.05, 3.63) is 35.9 Å². The fourth-order valence-electron chi connectivity index (χ4n) is 1.89. The maximum atomic E-state index is 12.1. The Balaban J connectivity index is 2.07. The van der Waals surface area contributed by atoms with E-state index < -0.39 is 11.9 Å². The molecule has 2 amide bonds. The molecular formula is C12H15N3O2. The van der Waals surface area contributed by atoms with Crippen LogP contribution in [0.4, 0.5) is 0 Å². The van der Waals surface area contributed by atoms with Gasteiger partial charge in [-0.05, 0) is 12.1 Å². The number of carbonyl (C=O) groups is 2. The molecule has 3 N–H and O–H groups in total. The highest BCUT2D eigenvalue weighted by Gasteiger charge is 2.26. The van der Waals surface area contributed by atoms with E-state index >= 15 is 0 Å². The molecule has 0 aromatic heterocycles. The van der Waals surface area contributed by atoms with Gasteiger partial charge in [-0.3, -0.25) is 9.59 Å². The maximum Gasteiger partial charge on any atom is 0.253 e. The molecule has 1 aromatic rings. The van der Waals surface area contributed by atoms with E-state index in [4.69, 9.17) is 5.73 Å². The van der Waals surface area contributed by atoms with Crippen molar-refractivity contribution in [2.24, 2.45) is 5.73 Å². The Morgan fingerprint density at radius 2 is 2.00 bits per heavy atom. The van der Waals surface area contributed by atoms with E-state index in [0.29, 0.717) is 25.2 Å². The van der Waals surface area contributed by atoms with Crippen molar-refractivity contribution >= 4 is 11.8 Å². The van der Waals surface area contributed by atoms with Gasteiger partial charge in [-0.2, -0.15) is 0 Å². The second-order valence-electron chi connectivity index (χ2n) is 4.03. The third-order valence-electron chi connectivity index (χ3n) is 2.83. The summed E-state index contributed by atoms with van der Waals surface area (Å²) in [6.07, 6.45) is 0. The smallest absolute Gasteiger partial charge is 0.253 e. The number of rotatable bonds is 2. The minimum Gasteiger partial charge on any atom is -0.368 e. The van der Waals surface area contributed by atoms with Gasteiger partial charge >= 0.3 is 0 Å². The lowest BCUT2D eigenvalue weighted by Gasteiger charge is -2.32. The first kappa shape index (κ1) is 11.6.